The van der Waals surface area contributed by atoms with Crippen molar-refractivity contribution in [1.29, 1.82) is 0 Å². The maximum Gasteiger partial charge on any atom is 0.263 e. The summed E-state index contributed by atoms with van der Waals surface area (Å²) in [6, 6.07) is 6.30. The standard InChI is InChI=1S/C17H22N4O4S2/c1-2-16(23)21-9-8-20(11-14(21)12-22)13-3-5-15(6-4-13)27(24,25)19-17-18-7-10-26-17/h3-7,10,14,22H,2,8-9,11-12H2,1H3,(H,18,19)/t14-/m0/s1. The van der Waals surface area contributed by atoms with Crippen LogP contribution in [0.25, 0.3) is 0 Å². The van der Waals surface area contributed by atoms with E-state index in [2.05, 4.69) is 9.71 Å². The number of sulfonamides is 1. The van der Waals surface area contributed by atoms with Gasteiger partial charge in [0, 0.05) is 43.3 Å². The lowest BCUT2D eigenvalue weighted by Gasteiger charge is -2.41. The first-order valence-corrected chi connectivity index (χ1v) is 11.0. The average Bonchev–Trinajstić information content (AvgIpc) is 3.19. The van der Waals surface area contributed by atoms with Crippen molar-refractivity contribution in [2.45, 2.75) is 24.3 Å². The maximum absolute atomic E-state index is 12.4. The third-order valence-corrected chi connectivity index (χ3v) is 6.66. The molecule has 10 heteroatoms. The summed E-state index contributed by atoms with van der Waals surface area (Å²) >= 11 is 1.21. The number of hydrogen-bond acceptors (Lipinski definition) is 7. The van der Waals surface area contributed by atoms with E-state index in [1.807, 2.05) is 11.8 Å². The summed E-state index contributed by atoms with van der Waals surface area (Å²) in [4.78, 5) is 19.8. The number of nitrogens with zero attached hydrogens (tertiary/aromatic N) is 3. The van der Waals surface area contributed by atoms with Gasteiger partial charge in [-0.3, -0.25) is 9.52 Å². The Balaban J connectivity index is 1.71. The van der Waals surface area contributed by atoms with Gasteiger partial charge in [0.15, 0.2) is 5.13 Å². The van der Waals surface area contributed by atoms with Gasteiger partial charge >= 0.3 is 0 Å². The zero-order valence-electron chi connectivity index (χ0n) is 14.9. The Morgan fingerprint density at radius 1 is 1.33 bits per heavy atom. The van der Waals surface area contributed by atoms with Gasteiger partial charge in [0.2, 0.25) is 5.91 Å². The number of piperazine rings is 1. The molecule has 0 bridgehead atoms. The smallest absolute Gasteiger partial charge is 0.263 e. The van der Waals surface area contributed by atoms with E-state index < -0.39 is 10.0 Å². The molecule has 1 fully saturated rings. The van der Waals surface area contributed by atoms with Crippen LogP contribution < -0.4 is 9.62 Å². The van der Waals surface area contributed by atoms with Crippen LogP contribution in [0.15, 0.2) is 40.7 Å². The number of aliphatic hydroxyl groups is 1. The third-order valence-electron chi connectivity index (χ3n) is 4.48. The zero-order valence-corrected chi connectivity index (χ0v) is 16.5. The van der Waals surface area contributed by atoms with Crippen LogP contribution in [0, 0.1) is 0 Å². The lowest BCUT2D eigenvalue weighted by atomic mass is 10.1. The number of aromatic nitrogens is 1. The van der Waals surface area contributed by atoms with Gasteiger partial charge in [0.05, 0.1) is 17.5 Å². The maximum atomic E-state index is 12.4. The Hall–Kier alpha value is -2.17. The molecular formula is C17H22N4O4S2. The van der Waals surface area contributed by atoms with Crippen molar-refractivity contribution < 1.29 is 18.3 Å². The fourth-order valence-electron chi connectivity index (χ4n) is 3.06. The lowest BCUT2D eigenvalue weighted by Crippen LogP contribution is -2.56. The van der Waals surface area contributed by atoms with Gasteiger partial charge in [-0.05, 0) is 24.3 Å². The summed E-state index contributed by atoms with van der Waals surface area (Å²) < 4.78 is 27.2. The molecule has 2 N–H and O–H groups in total. The van der Waals surface area contributed by atoms with Crippen molar-refractivity contribution in [2.75, 3.05) is 35.9 Å². The summed E-state index contributed by atoms with van der Waals surface area (Å²) in [7, 11) is -3.68. The van der Waals surface area contributed by atoms with E-state index in [1.54, 1.807) is 34.5 Å². The Morgan fingerprint density at radius 2 is 2.07 bits per heavy atom. The fourth-order valence-corrected chi connectivity index (χ4v) is 4.85. The van der Waals surface area contributed by atoms with Gasteiger partial charge < -0.3 is 14.9 Å². The van der Waals surface area contributed by atoms with E-state index in [0.717, 1.165) is 5.69 Å². The molecule has 0 saturated carbocycles. The number of anilines is 2. The molecule has 1 aliphatic heterocycles. The van der Waals surface area contributed by atoms with Crippen LogP contribution in [0.3, 0.4) is 0 Å². The van der Waals surface area contributed by atoms with E-state index in [1.165, 1.54) is 17.5 Å². The summed E-state index contributed by atoms with van der Waals surface area (Å²) in [5, 5.41) is 11.6. The SMILES string of the molecule is CCC(=O)N1CCN(c2ccc(S(=O)(=O)Nc3nccs3)cc2)C[C@H]1CO. The van der Waals surface area contributed by atoms with E-state index >= 15 is 0 Å². The summed E-state index contributed by atoms with van der Waals surface area (Å²) in [5.41, 5.74) is 0.852. The van der Waals surface area contributed by atoms with Gasteiger partial charge in [-0.15, -0.1) is 11.3 Å². The number of rotatable bonds is 6. The Labute approximate surface area is 162 Å². The number of carbonyl (C=O) groups is 1. The molecule has 27 heavy (non-hydrogen) atoms. The number of thiazole rings is 1. The molecule has 1 amide bonds. The zero-order chi connectivity index (χ0) is 19.4. The molecule has 146 valence electrons. The minimum absolute atomic E-state index is 0.0309. The monoisotopic (exact) mass is 410 g/mol. The van der Waals surface area contributed by atoms with Gasteiger partial charge in [-0.25, -0.2) is 13.4 Å². The predicted octanol–water partition coefficient (Wildman–Crippen LogP) is 1.36. The number of carbonyl (C=O) groups excluding carboxylic acids is 1. The first kappa shape index (κ1) is 19.6. The largest absolute Gasteiger partial charge is 0.394 e. The minimum atomic E-state index is -3.68. The van der Waals surface area contributed by atoms with Gasteiger partial charge in [-0.1, -0.05) is 6.92 Å². The topological polar surface area (TPSA) is 103 Å². The molecule has 1 saturated heterocycles. The normalized spacial score (nSPS) is 17.8. The Morgan fingerprint density at radius 3 is 2.67 bits per heavy atom. The second-order valence-corrected chi connectivity index (χ2v) is 8.74. The van der Waals surface area contributed by atoms with Gasteiger partial charge in [-0.2, -0.15) is 0 Å². The van der Waals surface area contributed by atoms with Crippen molar-refractivity contribution in [3.8, 4) is 0 Å². The van der Waals surface area contributed by atoms with Crippen molar-refractivity contribution in [2.24, 2.45) is 0 Å². The molecule has 2 aromatic rings. The first-order chi connectivity index (χ1) is 12.9. The molecule has 0 aliphatic carbocycles. The van der Waals surface area contributed by atoms with Crippen LogP contribution in [0.2, 0.25) is 0 Å². The molecule has 0 radical (unpaired) electrons. The lowest BCUT2D eigenvalue weighted by molar-refractivity contribution is -0.134. The third kappa shape index (κ3) is 4.40. The minimum Gasteiger partial charge on any atom is -0.394 e. The van der Waals surface area contributed by atoms with Crippen LogP contribution in [0.5, 0.6) is 0 Å². The molecular weight excluding hydrogens is 388 g/mol. The molecule has 1 aliphatic rings. The number of nitrogens with one attached hydrogen (secondary N) is 1. The molecule has 1 atom stereocenters. The van der Waals surface area contributed by atoms with Crippen molar-refractivity contribution in [3.63, 3.8) is 0 Å². The Kier molecular flexibility index (Phi) is 5.98. The quantitative estimate of drug-likeness (QED) is 0.746. The van der Waals surface area contributed by atoms with Crippen LogP contribution >= 0.6 is 11.3 Å². The highest BCUT2D eigenvalue weighted by Gasteiger charge is 2.29. The fraction of sp³-hybridized carbons (Fsp3) is 0.412. The number of amides is 1. The average molecular weight is 411 g/mol. The highest BCUT2D eigenvalue weighted by molar-refractivity contribution is 7.93. The molecule has 8 nitrogen and oxygen atoms in total. The van der Waals surface area contributed by atoms with E-state index in [-0.39, 0.29) is 23.5 Å². The number of benzene rings is 1. The van der Waals surface area contributed by atoms with Crippen LogP contribution in [0.1, 0.15) is 13.3 Å². The van der Waals surface area contributed by atoms with Crippen molar-refractivity contribution in [3.05, 3.63) is 35.8 Å². The van der Waals surface area contributed by atoms with Crippen molar-refractivity contribution in [1.82, 2.24) is 9.88 Å². The van der Waals surface area contributed by atoms with E-state index in [4.69, 9.17) is 0 Å². The first-order valence-electron chi connectivity index (χ1n) is 8.62. The van der Waals surface area contributed by atoms with Gasteiger partial charge in [0.25, 0.3) is 10.0 Å². The molecule has 0 spiro atoms. The molecule has 3 rings (SSSR count). The highest BCUT2D eigenvalue weighted by Crippen LogP contribution is 2.23. The van der Waals surface area contributed by atoms with Crippen LogP contribution in [-0.2, 0) is 14.8 Å². The number of hydrogen-bond donors (Lipinski definition) is 2. The molecule has 1 aromatic carbocycles. The highest BCUT2D eigenvalue weighted by atomic mass is 32.2. The predicted molar refractivity (Wildman–Crippen MR) is 104 cm³/mol. The number of aliphatic hydroxyl groups excluding tert-OH is 1. The second-order valence-electron chi connectivity index (χ2n) is 6.16. The Bertz CT molecular complexity index is 869. The van der Waals surface area contributed by atoms with E-state index in [9.17, 15) is 18.3 Å². The van der Waals surface area contributed by atoms with Gasteiger partial charge in [0.1, 0.15) is 0 Å². The summed E-state index contributed by atoms with van der Waals surface area (Å²) in [6.07, 6.45) is 1.95. The molecule has 1 aromatic heterocycles. The van der Waals surface area contributed by atoms with E-state index in [0.29, 0.717) is 31.2 Å². The summed E-state index contributed by atoms with van der Waals surface area (Å²) in [6.45, 7) is 3.37. The van der Waals surface area contributed by atoms with Crippen molar-refractivity contribution >= 4 is 38.1 Å². The molecule has 0 unspecified atom stereocenters. The second kappa shape index (κ2) is 8.24. The summed E-state index contributed by atoms with van der Waals surface area (Å²) in [5.74, 6) is 0.0309. The molecule has 2 heterocycles. The van der Waals surface area contributed by atoms with Crippen LogP contribution in [0.4, 0.5) is 10.8 Å². The van der Waals surface area contributed by atoms with Crippen LogP contribution in [-0.4, -0.2) is 61.6 Å².